The monoisotopic (exact) mass is 151 g/mol. The normalized spacial score (nSPS) is 11.4. The fourth-order valence-corrected chi connectivity index (χ4v) is 0.691. The summed E-state index contributed by atoms with van der Waals surface area (Å²) in [6.07, 6.45) is 13.6. The molecule has 1 nitrogen and oxygen atoms in total. The van der Waals surface area contributed by atoms with E-state index in [9.17, 15) is 4.79 Å². The molecule has 0 aromatic carbocycles. The third-order valence-corrected chi connectivity index (χ3v) is 1.31. The van der Waals surface area contributed by atoms with E-state index in [0.29, 0.717) is 6.42 Å². The summed E-state index contributed by atoms with van der Waals surface area (Å²) in [5, 5.41) is 0. The van der Waals surface area contributed by atoms with Gasteiger partial charge in [-0.3, -0.25) is 4.79 Å². The van der Waals surface area contributed by atoms with Gasteiger partial charge in [-0.25, -0.2) is 0 Å². The van der Waals surface area contributed by atoms with Crippen LogP contribution in [-0.2, 0) is 4.79 Å². The van der Waals surface area contributed by atoms with E-state index >= 15 is 0 Å². The van der Waals surface area contributed by atoms with Crippen molar-refractivity contribution in [2.45, 2.75) is 32.6 Å². The molecule has 0 aliphatic rings. The Kier molecular flexibility index (Phi) is 8.44. The number of hydrogen-bond acceptors (Lipinski definition) is 1. The molecule has 0 fully saturated rings. The van der Waals surface area contributed by atoms with Crippen molar-refractivity contribution in [1.29, 1.82) is 0 Å². The Morgan fingerprint density at radius 2 is 2.00 bits per heavy atom. The molecule has 61 valence electrons. The van der Waals surface area contributed by atoms with Gasteiger partial charge < -0.3 is 0 Å². The maximum absolute atomic E-state index is 9.74. The second-order valence-electron chi connectivity index (χ2n) is 2.35. The van der Waals surface area contributed by atoms with Crippen LogP contribution in [0.5, 0.6) is 0 Å². The smallest absolute Gasteiger partial charge is 0.202 e. The van der Waals surface area contributed by atoms with E-state index in [2.05, 4.69) is 13.0 Å². The topological polar surface area (TPSA) is 17.1 Å². The third-order valence-electron chi connectivity index (χ3n) is 1.31. The van der Waals surface area contributed by atoms with Crippen molar-refractivity contribution in [3.63, 3.8) is 0 Å². The summed E-state index contributed by atoms with van der Waals surface area (Å²) in [6.45, 7) is 2.17. The number of unbranched alkanes of at least 4 members (excludes halogenated alkanes) is 2. The number of rotatable bonds is 6. The molecule has 0 aliphatic heterocycles. The minimum atomic E-state index is 0.401. The molecule has 0 amide bonds. The van der Waals surface area contributed by atoms with Gasteiger partial charge in [0.05, 0.1) is 0 Å². The molecule has 0 aromatic heterocycles. The van der Waals surface area contributed by atoms with Gasteiger partial charge in [-0.05, 0) is 6.42 Å². The highest BCUT2D eigenvalue weighted by atomic mass is 16.1. The Bertz CT molecular complexity index is 134. The Balaban J connectivity index is 3.21. The molecule has 0 spiro atoms. The quantitative estimate of drug-likeness (QED) is 0.421. The average Bonchev–Trinajstić information content (AvgIpc) is 2.03. The molecule has 0 bridgehead atoms. The van der Waals surface area contributed by atoms with Gasteiger partial charge in [0.15, 0.2) is 0 Å². The second-order valence-corrected chi connectivity index (χ2v) is 2.35. The van der Waals surface area contributed by atoms with E-state index < -0.39 is 0 Å². The van der Waals surface area contributed by atoms with Gasteiger partial charge in [0.25, 0.3) is 0 Å². The summed E-state index contributed by atoms with van der Waals surface area (Å²) in [5.41, 5.74) is 0. The van der Waals surface area contributed by atoms with Crippen LogP contribution in [0.2, 0.25) is 0 Å². The molecule has 1 radical (unpaired) electrons. The van der Waals surface area contributed by atoms with Crippen LogP contribution in [-0.4, -0.2) is 6.29 Å². The van der Waals surface area contributed by atoms with E-state index in [0.717, 1.165) is 6.42 Å². The highest BCUT2D eigenvalue weighted by Gasteiger charge is 1.75. The Hall–Kier alpha value is -0.850. The van der Waals surface area contributed by atoms with E-state index in [1.54, 1.807) is 12.4 Å². The predicted octanol–water partition coefficient (Wildman–Crippen LogP) is 2.79. The van der Waals surface area contributed by atoms with E-state index in [4.69, 9.17) is 0 Å². The first kappa shape index (κ1) is 10.2. The maximum Gasteiger partial charge on any atom is 0.202 e. The van der Waals surface area contributed by atoms with Crippen molar-refractivity contribution in [3.05, 3.63) is 24.3 Å². The third kappa shape index (κ3) is 9.15. The second kappa shape index (κ2) is 9.15. The van der Waals surface area contributed by atoms with Crippen molar-refractivity contribution in [2.24, 2.45) is 0 Å². The highest BCUT2D eigenvalue weighted by molar-refractivity contribution is 5.53. The molecule has 0 unspecified atom stereocenters. The molecule has 0 aliphatic carbocycles. The Labute approximate surface area is 68.8 Å². The lowest BCUT2D eigenvalue weighted by molar-refractivity contribution is 0.556. The zero-order valence-electron chi connectivity index (χ0n) is 7.05. The Morgan fingerprint density at radius 1 is 1.27 bits per heavy atom. The maximum atomic E-state index is 9.74. The van der Waals surface area contributed by atoms with Crippen molar-refractivity contribution in [1.82, 2.24) is 0 Å². The number of hydrogen-bond donors (Lipinski definition) is 0. The minimum absolute atomic E-state index is 0.401. The van der Waals surface area contributed by atoms with Crippen LogP contribution in [0.1, 0.15) is 32.6 Å². The van der Waals surface area contributed by atoms with Crippen LogP contribution in [0.25, 0.3) is 0 Å². The van der Waals surface area contributed by atoms with Crippen molar-refractivity contribution < 1.29 is 4.79 Å². The van der Waals surface area contributed by atoms with Gasteiger partial charge in [0, 0.05) is 6.42 Å². The fraction of sp³-hybridized carbons (Fsp3) is 0.500. The zero-order chi connectivity index (χ0) is 8.36. The van der Waals surface area contributed by atoms with Crippen LogP contribution in [0.15, 0.2) is 24.3 Å². The first-order valence-electron chi connectivity index (χ1n) is 4.08. The van der Waals surface area contributed by atoms with Crippen molar-refractivity contribution in [2.75, 3.05) is 0 Å². The Morgan fingerprint density at radius 3 is 2.64 bits per heavy atom. The molecule has 1 heteroatoms. The van der Waals surface area contributed by atoms with Gasteiger partial charge in [-0.15, -0.1) is 0 Å². The first-order chi connectivity index (χ1) is 5.41. The van der Waals surface area contributed by atoms with Crippen molar-refractivity contribution >= 4 is 6.29 Å². The summed E-state index contributed by atoms with van der Waals surface area (Å²) in [4.78, 5) is 9.74. The van der Waals surface area contributed by atoms with Crippen LogP contribution in [0.3, 0.4) is 0 Å². The largest absolute Gasteiger partial charge is 0.291 e. The molecule has 0 N–H and O–H groups in total. The lowest BCUT2D eigenvalue weighted by Gasteiger charge is -1.85. The van der Waals surface area contributed by atoms with Crippen LogP contribution >= 0.6 is 0 Å². The number of allylic oxidation sites excluding steroid dienone is 4. The number of carbonyl (C=O) groups excluding carboxylic acids is 1. The summed E-state index contributed by atoms with van der Waals surface area (Å²) in [7, 11) is 0. The van der Waals surface area contributed by atoms with Gasteiger partial charge >= 0.3 is 0 Å². The van der Waals surface area contributed by atoms with Crippen LogP contribution in [0, 0.1) is 0 Å². The summed E-state index contributed by atoms with van der Waals surface area (Å²) in [5.74, 6) is 0. The van der Waals surface area contributed by atoms with Gasteiger partial charge in [0.2, 0.25) is 6.29 Å². The molecule has 0 saturated heterocycles. The molecule has 0 rings (SSSR count). The molecule has 0 saturated carbocycles. The summed E-state index contributed by atoms with van der Waals surface area (Å²) in [6, 6.07) is 0. The van der Waals surface area contributed by atoms with Crippen molar-refractivity contribution in [3.8, 4) is 0 Å². The molecule has 0 aromatic rings. The highest BCUT2D eigenvalue weighted by Crippen LogP contribution is 1.94. The SMILES string of the molecule is CCCC/C=C/C=C/C[C]=O. The molecular formula is C10H15O. The first-order valence-corrected chi connectivity index (χ1v) is 4.08. The van der Waals surface area contributed by atoms with E-state index in [-0.39, 0.29) is 0 Å². The molecule has 0 atom stereocenters. The van der Waals surface area contributed by atoms with Crippen LogP contribution in [0.4, 0.5) is 0 Å². The van der Waals surface area contributed by atoms with Gasteiger partial charge in [-0.2, -0.15) is 0 Å². The predicted molar refractivity (Wildman–Crippen MR) is 48.1 cm³/mol. The van der Waals surface area contributed by atoms with Gasteiger partial charge in [-0.1, -0.05) is 44.1 Å². The molecule has 0 heterocycles. The molecular weight excluding hydrogens is 136 g/mol. The minimum Gasteiger partial charge on any atom is -0.291 e. The average molecular weight is 151 g/mol. The van der Waals surface area contributed by atoms with E-state index in [1.165, 1.54) is 12.8 Å². The summed E-state index contributed by atoms with van der Waals surface area (Å²) < 4.78 is 0. The standard InChI is InChI=1S/C10H15O/c1-2-3-4-5-6-7-8-9-10-11/h5-8H,2-4,9H2,1H3/b6-5+,8-7+. The lowest BCUT2D eigenvalue weighted by atomic mass is 10.2. The summed E-state index contributed by atoms with van der Waals surface area (Å²) >= 11 is 0. The molecule has 11 heavy (non-hydrogen) atoms. The lowest BCUT2D eigenvalue weighted by Crippen LogP contribution is -1.66. The van der Waals surface area contributed by atoms with Gasteiger partial charge in [0.1, 0.15) is 0 Å². The fourth-order valence-electron chi connectivity index (χ4n) is 0.691. The van der Waals surface area contributed by atoms with Crippen LogP contribution < -0.4 is 0 Å². The zero-order valence-corrected chi connectivity index (χ0v) is 7.05. The van der Waals surface area contributed by atoms with E-state index in [1.807, 2.05) is 12.2 Å².